The van der Waals surface area contributed by atoms with Gasteiger partial charge < -0.3 is 24.8 Å². The fourth-order valence-corrected chi connectivity index (χ4v) is 2.67. The first-order valence-electron chi connectivity index (χ1n) is 9.68. The molecular formula is C20H34IN3O3. The molecule has 1 aromatic carbocycles. The van der Waals surface area contributed by atoms with Crippen LogP contribution in [0.4, 0.5) is 0 Å². The third-order valence-corrected chi connectivity index (χ3v) is 4.09. The van der Waals surface area contributed by atoms with E-state index in [1.807, 2.05) is 18.2 Å². The molecule has 1 heterocycles. The minimum Gasteiger partial charge on any atom is -0.381 e. The van der Waals surface area contributed by atoms with Gasteiger partial charge >= 0.3 is 0 Å². The van der Waals surface area contributed by atoms with Gasteiger partial charge in [-0.05, 0) is 25.3 Å². The summed E-state index contributed by atoms with van der Waals surface area (Å²) in [7, 11) is 0. The van der Waals surface area contributed by atoms with Crippen molar-refractivity contribution in [2.75, 3.05) is 52.7 Å². The van der Waals surface area contributed by atoms with Gasteiger partial charge in [-0.25, -0.2) is 0 Å². The van der Waals surface area contributed by atoms with Crippen LogP contribution in [0.5, 0.6) is 0 Å². The average molecular weight is 491 g/mol. The second kappa shape index (κ2) is 16.1. The Labute approximate surface area is 180 Å². The summed E-state index contributed by atoms with van der Waals surface area (Å²) < 4.78 is 16.7. The third kappa shape index (κ3) is 11.5. The van der Waals surface area contributed by atoms with Crippen molar-refractivity contribution >= 4 is 29.9 Å². The van der Waals surface area contributed by atoms with Crippen LogP contribution in [0.25, 0.3) is 0 Å². The Balaban J connectivity index is 0.00000364. The SMILES string of the molecule is CCNC(=NCCCOCC1CCOC1)NCCOCc1ccccc1.I. The highest BCUT2D eigenvalue weighted by Gasteiger charge is 2.15. The number of nitrogens with one attached hydrogen (secondary N) is 2. The zero-order valence-electron chi connectivity index (χ0n) is 16.3. The normalized spacial score (nSPS) is 16.8. The molecular weight excluding hydrogens is 457 g/mol. The minimum absolute atomic E-state index is 0. The smallest absolute Gasteiger partial charge is 0.191 e. The summed E-state index contributed by atoms with van der Waals surface area (Å²) in [6.45, 7) is 8.96. The Morgan fingerprint density at radius 3 is 2.78 bits per heavy atom. The van der Waals surface area contributed by atoms with Crippen LogP contribution in [0, 0.1) is 5.92 Å². The van der Waals surface area contributed by atoms with Gasteiger partial charge in [-0.2, -0.15) is 0 Å². The van der Waals surface area contributed by atoms with Gasteiger partial charge in [0.15, 0.2) is 5.96 Å². The van der Waals surface area contributed by atoms with Gasteiger partial charge in [0.2, 0.25) is 0 Å². The van der Waals surface area contributed by atoms with Crippen LogP contribution < -0.4 is 10.6 Å². The van der Waals surface area contributed by atoms with Gasteiger partial charge in [-0.1, -0.05) is 30.3 Å². The van der Waals surface area contributed by atoms with Crippen LogP contribution in [0.1, 0.15) is 25.3 Å². The molecule has 0 bridgehead atoms. The van der Waals surface area contributed by atoms with Crippen molar-refractivity contribution in [3.63, 3.8) is 0 Å². The first kappa shape index (κ1) is 24.1. The van der Waals surface area contributed by atoms with Crippen LogP contribution in [-0.4, -0.2) is 58.6 Å². The van der Waals surface area contributed by atoms with Crippen LogP contribution in [0.15, 0.2) is 35.3 Å². The van der Waals surface area contributed by atoms with Crippen LogP contribution in [0.2, 0.25) is 0 Å². The molecule has 0 radical (unpaired) electrons. The highest BCUT2D eigenvalue weighted by atomic mass is 127. The molecule has 0 aromatic heterocycles. The Morgan fingerprint density at radius 1 is 1.19 bits per heavy atom. The highest BCUT2D eigenvalue weighted by Crippen LogP contribution is 2.12. The molecule has 6 nitrogen and oxygen atoms in total. The monoisotopic (exact) mass is 491 g/mol. The number of guanidine groups is 1. The molecule has 7 heteroatoms. The first-order valence-corrected chi connectivity index (χ1v) is 9.68. The zero-order valence-corrected chi connectivity index (χ0v) is 18.7. The molecule has 1 unspecified atom stereocenters. The molecule has 1 fully saturated rings. The van der Waals surface area contributed by atoms with E-state index in [2.05, 4.69) is 34.7 Å². The maximum absolute atomic E-state index is 5.70. The number of rotatable bonds is 12. The van der Waals surface area contributed by atoms with E-state index in [9.17, 15) is 0 Å². The lowest BCUT2D eigenvalue weighted by Gasteiger charge is -2.12. The predicted octanol–water partition coefficient (Wildman–Crippen LogP) is 2.82. The summed E-state index contributed by atoms with van der Waals surface area (Å²) >= 11 is 0. The molecule has 0 amide bonds. The highest BCUT2D eigenvalue weighted by molar-refractivity contribution is 14.0. The summed E-state index contributed by atoms with van der Waals surface area (Å²) in [4.78, 5) is 4.57. The Bertz CT molecular complexity index is 497. The number of hydrogen-bond donors (Lipinski definition) is 2. The van der Waals surface area contributed by atoms with Crippen molar-refractivity contribution in [3.05, 3.63) is 35.9 Å². The lowest BCUT2D eigenvalue weighted by molar-refractivity contribution is 0.0893. The summed E-state index contributed by atoms with van der Waals surface area (Å²) in [5.41, 5.74) is 1.19. The largest absolute Gasteiger partial charge is 0.381 e. The van der Waals surface area contributed by atoms with Crippen molar-refractivity contribution in [1.29, 1.82) is 0 Å². The summed E-state index contributed by atoms with van der Waals surface area (Å²) in [5, 5.41) is 6.55. The summed E-state index contributed by atoms with van der Waals surface area (Å²) in [6.07, 6.45) is 2.05. The molecule has 2 rings (SSSR count). The molecule has 0 aliphatic carbocycles. The van der Waals surface area contributed by atoms with E-state index in [1.165, 1.54) is 5.56 Å². The topological polar surface area (TPSA) is 64.1 Å². The van der Waals surface area contributed by atoms with Crippen molar-refractivity contribution in [2.45, 2.75) is 26.4 Å². The number of nitrogens with zero attached hydrogens (tertiary/aromatic N) is 1. The van der Waals surface area contributed by atoms with Crippen molar-refractivity contribution in [2.24, 2.45) is 10.9 Å². The van der Waals surface area contributed by atoms with Gasteiger partial charge in [-0.3, -0.25) is 4.99 Å². The third-order valence-electron chi connectivity index (χ3n) is 4.09. The van der Waals surface area contributed by atoms with E-state index >= 15 is 0 Å². The molecule has 1 aromatic rings. The van der Waals surface area contributed by atoms with Crippen molar-refractivity contribution in [1.82, 2.24) is 10.6 Å². The van der Waals surface area contributed by atoms with Gasteiger partial charge in [-0.15, -0.1) is 24.0 Å². The molecule has 1 aliphatic rings. The number of halogens is 1. The number of benzene rings is 1. The van der Waals surface area contributed by atoms with Gasteiger partial charge in [0, 0.05) is 38.8 Å². The quantitative estimate of drug-likeness (QED) is 0.204. The predicted molar refractivity (Wildman–Crippen MR) is 120 cm³/mol. The maximum atomic E-state index is 5.70. The van der Waals surface area contributed by atoms with Crippen molar-refractivity contribution < 1.29 is 14.2 Å². The molecule has 2 N–H and O–H groups in total. The molecule has 1 atom stereocenters. The molecule has 1 aliphatic heterocycles. The summed E-state index contributed by atoms with van der Waals surface area (Å²) in [5.74, 6) is 1.41. The first-order chi connectivity index (χ1) is 12.9. The van der Waals surface area contributed by atoms with E-state index in [0.717, 1.165) is 64.9 Å². The molecule has 27 heavy (non-hydrogen) atoms. The minimum atomic E-state index is 0. The summed E-state index contributed by atoms with van der Waals surface area (Å²) in [6, 6.07) is 10.2. The number of hydrogen-bond acceptors (Lipinski definition) is 4. The molecule has 1 saturated heterocycles. The number of aliphatic imine (C=N–C) groups is 1. The second-order valence-electron chi connectivity index (χ2n) is 6.38. The van der Waals surface area contributed by atoms with E-state index < -0.39 is 0 Å². The fraction of sp³-hybridized carbons (Fsp3) is 0.650. The molecule has 0 spiro atoms. The second-order valence-corrected chi connectivity index (χ2v) is 6.38. The van der Waals surface area contributed by atoms with Gasteiger partial charge in [0.1, 0.15) is 0 Å². The standard InChI is InChI=1S/C20H33N3O3.HI/c1-2-21-20(22-10-6-12-24-16-19-9-13-25-17-19)23-11-14-26-15-18-7-4-3-5-8-18;/h3-5,7-8,19H,2,6,9-17H2,1H3,(H2,21,22,23);1H. The molecule has 0 saturated carbocycles. The maximum Gasteiger partial charge on any atom is 0.191 e. The van der Waals surface area contributed by atoms with Gasteiger partial charge in [0.05, 0.1) is 26.4 Å². The van der Waals surface area contributed by atoms with Crippen molar-refractivity contribution in [3.8, 4) is 0 Å². The van der Waals surface area contributed by atoms with E-state index in [1.54, 1.807) is 0 Å². The van der Waals surface area contributed by atoms with E-state index in [4.69, 9.17) is 14.2 Å². The number of ether oxygens (including phenoxy) is 3. The Morgan fingerprint density at radius 2 is 2.04 bits per heavy atom. The molecule has 154 valence electrons. The van der Waals surface area contributed by atoms with Crippen LogP contribution in [-0.2, 0) is 20.8 Å². The van der Waals surface area contributed by atoms with Crippen LogP contribution >= 0.6 is 24.0 Å². The van der Waals surface area contributed by atoms with E-state index in [0.29, 0.717) is 19.1 Å². The van der Waals surface area contributed by atoms with E-state index in [-0.39, 0.29) is 24.0 Å². The Hall–Kier alpha value is -0.900. The fourth-order valence-electron chi connectivity index (χ4n) is 2.67. The lowest BCUT2D eigenvalue weighted by Crippen LogP contribution is -2.39. The zero-order chi connectivity index (χ0) is 18.3. The van der Waals surface area contributed by atoms with Crippen LogP contribution in [0.3, 0.4) is 0 Å². The van der Waals surface area contributed by atoms with Gasteiger partial charge in [0.25, 0.3) is 0 Å². The lowest BCUT2D eigenvalue weighted by atomic mass is 10.1. The average Bonchev–Trinajstić information content (AvgIpc) is 3.18. The Kier molecular flexibility index (Phi) is 14.4.